The maximum atomic E-state index is 2.55. The molecule has 0 aliphatic carbocycles. The number of hydrogen-bond donors (Lipinski definition) is 0. The van der Waals surface area contributed by atoms with Crippen LogP contribution in [0.3, 0.4) is 0 Å². The quantitative estimate of drug-likeness (QED) is 0.166. The van der Waals surface area contributed by atoms with Crippen molar-refractivity contribution in [2.75, 3.05) is 0 Å². The van der Waals surface area contributed by atoms with Crippen molar-refractivity contribution in [3.8, 4) is 22.3 Å². The second-order valence-corrected chi connectivity index (χ2v) is 14.6. The molecule has 11 rings (SSSR count). The van der Waals surface area contributed by atoms with Gasteiger partial charge in [0.15, 0.2) is 0 Å². The Labute approximate surface area is 290 Å². The van der Waals surface area contributed by atoms with Crippen molar-refractivity contribution >= 4 is 86.2 Å². The summed E-state index contributed by atoms with van der Waals surface area (Å²) in [5, 5.41) is 21.4. The van der Waals surface area contributed by atoms with Crippen LogP contribution >= 0.6 is 0 Å². The monoisotopic (exact) mass is 634 g/mol. The van der Waals surface area contributed by atoms with Crippen molar-refractivity contribution in [1.29, 1.82) is 0 Å². The average molecular weight is 635 g/mol. The molecule has 0 aliphatic rings. The van der Waals surface area contributed by atoms with Crippen molar-refractivity contribution in [3.05, 3.63) is 156 Å². The van der Waals surface area contributed by atoms with Crippen LogP contribution in [0, 0.1) is 27.7 Å². The van der Waals surface area contributed by atoms with Gasteiger partial charge in [0.05, 0.1) is 0 Å². The third-order valence-electron chi connectivity index (χ3n) is 11.8. The van der Waals surface area contributed by atoms with E-state index < -0.39 is 0 Å². The SMILES string of the molecule is Cc1cccc(C)c1-c1c2cc3c(cc2c(-c2c(C)cccc2C)c2c4cc5ccccc5c5cccc(c12)c54)c1cccc2cccc3c21. The smallest absolute Gasteiger partial charge is 0.000698 e. The van der Waals surface area contributed by atoms with Crippen LogP contribution < -0.4 is 0 Å². The van der Waals surface area contributed by atoms with Gasteiger partial charge in [0.2, 0.25) is 0 Å². The lowest BCUT2D eigenvalue weighted by Gasteiger charge is -2.21. The fraction of sp³-hybridized carbons (Fsp3) is 0.0800. The molecule has 0 nitrogen and oxygen atoms in total. The van der Waals surface area contributed by atoms with Crippen LogP contribution in [0.25, 0.3) is 108 Å². The molecule has 0 bridgehead atoms. The Kier molecular flexibility index (Phi) is 5.47. The van der Waals surface area contributed by atoms with Gasteiger partial charge in [-0.1, -0.05) is 115 Å². The van der Waals surface area contributed by atoms with Crippen molar-refractivity contribution in [2.45, 2.75) is 27.7 Å². The summed E-state index contributed by atoms with van der Waals surface area (Å²) >= 11 is 0. The summed E-state index contributed by atoms with van der Waals surface area (Å²) < 4.78 is 0. The van der Waals surface area contributed by atoms with Crippen LogP contribution in [0.4, 0.5) is 0 Å². The number of aryl methyl sites for hydroxylation is 4. The molecule has 0 aliphatic heterocycles. The summed E-state index contributed by atoms with van der Waals surface area (Å²) in [4.78, 5) is 0. The van der Waals surface area contributed by atoms with E-state index in [0.29, 0.717) is 0 Å². The zero-order chi connectivity index (χ0) is 33.4. The summed E-state index contributed by atoms with van der Waals surface area (Å²) in [6, 6.07) is 50.7. The van der Waals surface area contributed by atoms with Gasteiger partial charge in [0.1, 0.15) is 0 Å². The van der Waals surface area contributed by atoms with E-state index in [4.69, 9.17) is 0 Å². The van der Waals surface area contributed by atoms with Crippen LogP contribution in [0.1, 0.15) is 22.3 Å². The molecule has 234 valence electrons. The third kappa shape index (κ3) is 3.46. The van der Waals surface area contributed by atoms with E-state index in [1.165, 1.54) is 131 Å². The molecule has 0 aromatic heterocycles. The van der Waals surface area contributed by atoms with Crippen molar-refractivity contribution in [2.24, 2.45) is 0 Å². The van der Waals surface area contributed by atoms with Crippen LogP contribution in [0.2, 0.25) is 0 Å². The molecule has 0 atom stereocenters. The molecule has 0 spiro atoms. The maximum Gasteiger partial charge on any atom is -0.000698 e. The molecule has 0 radical (unpaired) electrons. The number of rotatable bonds is 2. The van der Waals surface area contributed by atoms with Crippen LogP contribution in [-0.2, 0) is 0 Å². The van der Waals surface area contributed by atoms with Gasteiger partial charge in [-0.05, 0) is 177 Å². The van der Waals surface area contributed by atoms with Crippen LogP contribution in [-0.4, -0.2) is 0 Å². The van der Waals surface area contributed by atoms with Gasteiger partial charge in [-0.2, -0.15) is 0 Å². The van der Waals surface area contributed by atoms with E-state index in [1.807, 2.05) is 0 Å². The molecule has 0 heterocycles. The predicted molar refractivity (Wildman–Crippen MR) is 219 cm³/mol. The van der Waals surface area contributed by atoms with Crippen LogP contribution in [0.5, 0.6) is 0 Å². The average Bonchev–Trinajstić information content (AvgIpc) is 3.62. The van der Waals surface area contributed by atoms with Crippen molar-refractivity contribution < 1.29 is 0 Å². The highest BCUT2D eigenvalue weighted by atomic mass is 14.3. The molecule has 0 heteroatoms. The summed E-state index contributed by atoms with van der Waals surface area (Å²) in [7, 11) is 0. The van der Waals surface area contributed by atoms with E-state index in [0.717, 1.165) is 0 Å². The van der Waals surface area contributed by atoms with Gasteiger partial charge < -0.3 is 0 Å². The van der Waals surface area contributed by atoms with Crippen molar-refractivity contribution in [3.63, 3.8) is 0 Å². The lowest BCUT2D eigenvalue weighted by Crippen LogP contribution is -1.95. The summed E-state index contributed by atoms with van der Waals surface area (Å²) in [6.45, 7) is 9.17. The number of hydrogen-bond acceptors (Lipinski definition) is 0. The first-order valence-corrected chi connectivity index (χ1v) is 17.8. The van der Waals surface area contributed by atoms with E-state index >= 15 is 0 Å². The minimum absolute atomic E-state index is 1.29. The highest BCUT2D eigenvalue weighted by Gasteiger charge is 2.27. The second-order valence-electron chi connectivity index (χ2n) is 14.6. The molecule has 0 fully saturated rings. The van der Waals surface area contributed by atoms with Gasteiger partial charge in [-0.3, -0.25) is 0 Å². The van der Waals surface area contributed by atoms with E-state index in [9.17, 15) is 0 Å². The van der Waals surface area contributed by atoms with Gasteiger partial charge in [-0.25, -0.2) is 0 Å². The fourth-order valence-electron chi connectivity index (χ4n) is 9.81. The molecule has 11 aromatic rings. The Hall–Kier alpha value is -5.98. The topological polar surface area (TPSA) is 0 Å². The van der Waals surface area contributed by atoms with E-state index in [2.05, 4.69) is 161 Å². The lowest BCUT2D eigenvalue weighted by atomic mass is 9.81. The summed E-state index contributed by atoms with van der Waals surface area (Å²) in [6.07, 6.45) is 0. The third-order valence-corrected chi connectivity index (χ3v) is 11.8. The van der Waals surface area contributed by atoms with Crippen molar-refractivity contribution in [1.82, 2.24) is 0 Å². The molecular formula is C50H34. The Morgan fingerprint density at radius 2 is 0.660 bits per heavy atom. The largest absolute Gasteiger partial charge is 0.0617 e. The number of fused-ring (bicyclic) bond motifs is 9. The highest BCUT2D eigenvalue weighted by Crippen LogP contribution is 2.55. The Bertz CT molecular complexity index is 3180. The predicted octanol–water partition coefficient (Wildman–Crippen LogP) is 14.4. The molecule has 50 heavy (non-hydrogen) atoms. The van der Waals surface area contributed by atoms with Gasteiger partial charge in [0, 0.05) is 0 Å². The maximum absolute atomic E-state index is 2.55. The Morgan fingerprint density at radius 1 is 0.240 bits per heavy atom. The van der Waals surface area contributed by atoms with E-state index in [1.54, 1.807) is 0 Å². The summed E-state index contributed by atoms with van der Waals surface area (Å²) in [5.74, 6) is 0. The minimum Gasteiger partial charge on any atom is -0.0617 e. The zero-order valence-corrected chi connectivity index (χ0v) is 28.7. The molecule has 11 aromatic carbocycles. The number of benzene rings is 9. The van der Waals surface area contributed by atoms with Gasteiger partial charge in [0.25, 0.3) is 0 Å². The zero-order valence-electron chi connectivity index (χ0n) is 28.7. The normalized spacial score (nSPS) is 12.4. The Balaban J connectivity index is 1.53. The lowest BCUT2D eigenvalue weighted by molar-refractivity contribution is 1.39. The minimum atomic E-state index is 1.29. The van der Waals surface area contributed by atoms with Gasteiger partial charge >= 0.3 is 0 Å². The first-order valence-electron chi connectivity index (χ1n) is 17.8. The van der Waals surface area contributed by atoms with Gasteiger partial charge in [-0.15, -0.1) is 0 Å². The molecule has 0 saturated heterocycles. The standard InChI is InChI=1S/C50H34/c1-27-12-7-13-28(2)43(27)48-40-25-38-35-20-9-17-31-18-10-21-36(45(31)35)39(38)26-41(40)49(44-29(3)14-8-15-30(44)4)50-42-24-32-16-5-6-19-33(32)34-22-11-23-37(46(34)42)47(48)50/h5-26H,1-4H3. The molecule has 0 amide bonds. The summed E-state index contributed by atoms with van der Waals surface area (Å²) in [5.41, 5.74) is 10.7. The highest BCUT2D eigenvalue weighted by molar-refractivity contribution is 6.43. The van der Waals surface area contributed by atoms with E-state index in [-0.39, 0.29) is 0 Å². The molecular weight excluding hydrogens is 601 g/mol. The first-order chi connectivity index (χ1) is 24.5. The fourth-order valence-corrected chi connectivity index (χ4v) is 9.81. The second kappa shape index (κ2) is 9.80. The first kappa shape index (κ1) is 27.9. The van der Waals surface area contributed by atoms with Crippen LogP contribution in [0.15, 0.2) is 133 Å². The molecule has 0 N–H and O–H groups in total. The molecule has 0 saturated carbocycles. The molecule has 0 unspecified atom stereocenters. The Morgan fingerprint density at radius 3 is 1.24 bits per heavy atom.